The fourth-order valence-electron chi connectivity index (χ4n) is 4.06. The van der Waals surface area contributed by atoms with E-state index in [1.54, 1.807) is 11.6 Å². The maximum atomic E-state index is 14.0. The molecular formula is C24H29Cl2F. The molecule has 3 rings (SSSR count). The van der Waals surface area contributed by atoms with Gasteiger partial charge < -0.3 is 0 Å². The number of unbranched alkanes of at least 4 members (excludes halogenated alkanes) is 3. The van der Waals surface area contributed by atoms with Crippen molar-refractivity contribution in [3.63, 3.8) is 0 Å². The van der Waals surface area contributed by atoms with E-state index in [2.05, 4.69) is 12.1 Å². The van der Waals surface area contributed by atoms with Crippen LogP contribution in [0.5, 0.6) is 0 Å². The molecule has 0 amide bonds. The van der Waals surface area contributed by atoms with Gasteiger partial charge in [0.15, 0.2) is 0 Å². The Morgan fingerprint density at radius 3 is 2.70 bits per heavy atom. The average Bonchev–Trinajstić information content (AvgIpc) is 3.47. The predicted octanol–water partition coefficient (Wildman–Crippen LogP) is 8.96. The highest BCUT2D eigenvalue weighted by Crippen LogP contribution is 2.40. The highest BCUT2D eigenvalue weighted by atomic mass is 35.5. The molecule has 27 heavy (non-hydrogen) atoms. The van der Waals surface area contributed by atoms with Crippen LogP contribution in [0.15, 0.2) is 53.4 Å². The molecule has 1 aromatic rings. The molecule has 0 heterocycles. The fourth-order valence-corrected chi connectivity index (χ4v) is 4.53. The quantitative estimate of drug-likeness (QED) is 0.268. The van der Waals surface area contributed by atoms with Gasteiger partial charge in [0.05, 0.1) is 10.0 Å². The zero-order valence-corrected chi connectivity index (χ0v) is 17.6. The lowest BCUT2D eigenvalue weighted by Gasteiger charge is -2.27. The van der Waals surface area contributed by atoms with Crippen molar-refractivity contribution in [2.45, 2.75) is 70.6 Å². The Labute approximate surface area is 173 Å². The van der Waals surface area contributed by atoms with Crippen molar-refractivity contribution >= 4 is 23.2 Å². The second-order valence-corrected chi connectivity index (χ2v) is 8.75. The normalized spacial score (nSPS) is 20.0. The van der Waals surface area contributed by atoms with Crippen molar-refractivity contribution in [2.24, 2.45) is 5.92 Å². The van der Waals surface area contributed by atoms with Gasteiger partial charge in [-0.3, -0.25) is 0 Å². The van der Waals surface area contributed by atoms with Crippen LogP contribution in [0.2, 0.25) is 10.0 Å². The molecule has 0 radical (unpaired) electrons. The molecule has 0 bridgehead atoms. The van der Waals surface area contributed by atoms with Gasteiger partial charge >= 0.3 is 0 Å². The summed E-state index contributed by atoms with van der Waals surface area (Å²) in [7, 11) is 0. The van der Waals surface area contributed by atoms with Gasteiger partial charge in [0.1, 0.15) is 5.83 Å². The van der Waals surface area contributed by atoms with Crippen LogP contribution in [0, 0.1) is 5.92 Å². The van der Waals surface area contributed by atoms with E-state index in [0.717, 1.165) is 30.4 Å². The van der Waals surface area contributed by atoms with Crippen molar-refractivity contribution in [1.82, 2.24) is 0 Å². The van der Waals surface area contributed by atoms with E-state index in [9.17, 15) is 4.39 Å². The third kappa shape index (κ3) is 5.96. The molecule has 0 N–H and O–H groups in total. The van der Waals surface area contributed by atoms with Gasteiger partial charge in [-0.1, -0.05) is 72.3 Å². The Kier molecular flexibility index (Phi) is 7.61. The van der Waals surface area contributed by atoms with Crippen LogP contribution in [0.25, 0.3) is 0 Å². The summed E-state index contributed by atoms with van der Waals surface area (Å²) in [5.74, 6) is 0.495. The summed E-state index contributed by atoms with van der Waals surface area (Å²) in [5, 5.41) is 1.28. The molecule has 2 atom stereocenters. The second kappa shape index (κ2) is 9.94. The maximum absolute atomic E-state index is 14.0. The lowest BCUT2D eigenvalue weighted by atomic mass is 9.79. The zero-order valence-electron chi connectivity index (χ0n) is 16.1. The Hall–Kier alpha value is -1.05. The average molecular weight is 407 g/mol. The smallest absolute Gasteiger partial charge is 0.122 e. The standard InChI is InChI=1S/C24H29Cl2F/c1-17-19(10-6-13-23(17)27)16-20(21-11-7-12-22(25)24(21)26)9-5-3-2-4-8-18-14-15-18/h6-7,11-14,19-20H,2-5,8-10,15-16H2,1H3. The van der Waals surface area contributed by atoms with Crippen molar-refractivity contribution < 1.29 is 4.39 Å². The highest BCUT2D eigenvalue weighted by molar-refractivity contribution is 6.42. The Bertz CT molecular complexity index is 745. The minimum Gasteiger partial charge on any atom is -0.207 e. The molecule has 0 nitrogen and oxygen atoms in total. The monoisotopic (exact) mass is 406 g/mol. The fraction of sp³-hybridized carbons (Fsp3) is 0.500. The molecule has 0 spiro atoms. The van der Waals surface area contributed by atoms with Gasteiger partial charge in [-0.15, -0.1) is 0 Å². The summed E-state index contributed by atoms with van der Waals surface area (Å²) in [4.78, 5) is 0. The van der Waals surface area contributed by atoms with Crippen molar-refractivity contribution in [2.75, 3.05) is 0 Å². The Morgan fingerprint density at radius 2 is 1.93 bits per heavy atom. The van der Waals surface area contributed by atoms with E-state index in [4.69, 9.17) is 23.2 Å². The van der Waals surface area contributed by atoms with Crippen LogP contribution < -0.4 is 0 Å². The van der Waals surface area contributed by atoms with Gasteiger partial charge in [0.2, 0.25) is 0 Å². The summed E-state index contributed by atoms with van der Waals surface area (Å²) in [6.45, 7) is 1.92. The molecule has 0 fully saturated rings. The van der Waals surface area contributed by atoms with E-state index < -0.39 is 0 Å². The molecule has 0 saturated heterocycles. The van der Waals surface area contributed by atoms with Crippen molar-refractivity contribution in [3.8, 4) is 0 Å². The molecule has 2 aliphatic rings. The second-order valence-electron chi connectivity index (χ2n) is 7.96. The lowest BCUT2D eigenvalue weighted by molar-refractivity contribution is 0.436. The molecule has 146 valence electrons. The van der Waals surface area contributed by atoms with Crippen LogP contribution >= 0.6 is 23.2 Å². The molecule has 0 saturated carbocycles. The molecule has 0 aromatic heterocycles. The molecule has 1 aromatic carbocycles. The minimum atomic E-state index is -0.0726. The van der Waals surface area contributed by atoms with Crippen LogP contribution in [0.1, 0.15) is 76.2 Å². The SMILES string of the molecule is CC1=C(F)C=CCC1CC(CCCCCCC1=CC1)c1cccc(Cl)c1Cl. The molecule has 2 unspecified atom stereocenters. The van der Waals surface area contributed by atoms with E-state index in [1.165, 1.54) is 38.5 Å². The van der Waals surface area contributed by atoms with Gasteiger partial charge in [-0.25, -0.2) is 4.39 Å². The number of rotatable bonds is 10. The summed E-state index contributed by atoms with van der Waals surface area (Å²) < 4.78 is 14.0. The number of hydrogen-bond donors (Lipinski definition) is 0. The Morgan fingerprint density at radius 1 is 1.15 bits per heavy atom. The van der Waals surface area contributed by atoms with Gasteiger partial charge in [0, 0.05) is 0 Å². The third-order valence-electron chi connectivity index (χ3n) is 5.96. The zero-order chi connectivity index (χ0) is 19.2. The van der Waals surface area contributed by atoms with Crippen LogP contribution in [-0.4, -0.2) is 0 Å². The van der Waals surface area contributed by atoms with Crippen molar-refractivity contribution in [3.05, 3.63) is 69.0 Å². The number of halogens is 3. The minimum absolute atomic E-state index is 0.0726. The maximum Gasteiger partial charge on any atom is 0.122 e. The first-order chi connectivity index (χ1) is 13.1. The summed E-state index contributed by atoms with van der Waals surface area (Å²) >= 11 is 12.8. The van der Waals surface area contributed by atoms with E-state index in [-0.39, 0.29) is 11.7 Å². The molecule has 3 heteroatoms. The van der Waals surface area contributed by atoms with E-state index in [0.29, 0.717) is 16.0 Å². The highest BCUT2D eigenvalue weighted by Gasteiger charge is 2.24. The molecular weight excluding hydrogens is 378 g/mol. The van der Waals surface area contributed by atoms with Gasteiger partial charge in [0.25, 0.3) is 0 Å². The summed E-state index contributed by atoms with van der Waals surface area (Å²) in [5.41, 5.74) is 3.63. The predicted molar refractivity (Wildman–Crippen MR) is 115 cm³/mol. The number of hydrogen-bond acceptors (Lipinski definition) is 0. The number of benzene rings is 1. The first kappa shape index (κ1) is 20.7. The Balaban J connectivity index is 1.62. The molecule has 2 aliphatic carbocycles. The van der Waals surface area contributed by atoms with Gasteiger partial charge in [-0.2, -0.15) is 0 Å². The van der Waals surface area contributed by atoms with Crippen molar-refractivity contribution in [1.29, 1.82) is 0 Å². The summed E-state index contributed by atoms with van der Waals surface area (Å²) in [6, 6.07) is 5.90. The van der Waals surface area contributed by atoms with Crippen LogP contribution in [-0.2, 0) is 0 Å². The van der Waals surface area contributed by atoms with E-state index >= 15 is 0 Å². The molecule has 0 aliphatic heterocycles. The largest absolute Gasteiger partial charge is 0.207 e. The topological polar surface area (TPSA) is 0 Å². The van der Waals surface area contributed by atoms with Gasteiger partial charge in [-0.05, 0) is 80.6 Å². The third-order valence-corrected chi connectivity index (χ3v) is 6.79. The summed E-state index contributed by atoms with van der Waals surface area (Å²) in [6.07, 6.45) is 16.3. The first-order valence-electron chi connectivity index (χ1n) is 10.2. The number of allylic oxidation sites excluding steroid dienone is 6. The first-order valence-corrected chi connectivity index (χ1v) is 11.0. The van der Waals surface area contributed by atoms with E-state index in [1.807, 2.05) is 25.1 Å². The van der Waals surface area contributed by atoms with Crippen LogP contribution in [0.4, 0.5) is 4.39 Å². The lowest BCUT2D eigenvalue weighted by Crippen LogP contribution is -2.12. The van der Waals surface area contributed by atoms with Crippen LogP contribution in [0.3, 0.4) is 0 Å².